The molecule has 3 aromatic rings. The number of benzene rings is 1. The Labute approximate surface area is 157 Å². The van der Waals surface area contributed by atoms with Crippen LogP contribution in [-0.2, 0) is 4.79 Å². The van der Waals surface area contributed by atoms with Gasteiger partial charge in [-0.05, 0) is 36.8 Å². The molecule has 1 aliphatic rings. The maximum atomic E-state index is 13.3. The standard InChI is InChI=1S/C21H23FN4O/c1-21(2,3)19(27)25-11-9-15(13-25)17-8-10-23-20-24-12-18(26(17)20)14-4-6-16(22)7-5-14/h4-8,10,12,15H,9,11,13H2,1-3H3. The summed E-state index contributed by atoms with van der Waals surface area (Å²) in [6, 6.07) is 8.39. The number of fused-ring (bicyclic) bond motifs is 1. The monoisotopic (exact) mass is 366 g/mol. The molecule has 0 saturated carbocycles. The summed E-state index contributed by atoms with van der Waals surface area (Å²) < 4.78 is 15.3. The van der Waals surface area contributed by atoms with Crippen molar-refractivity contribution in [3.63, 3.8) is 0 Å². The molecule has 0 bridgehead atoms. The van der Waals surface area contributed by atoms with Crippen molar-refractivity contribution in [3.05, 3.63) is 54.2 Å². The van der Waals surface area contributed by atoms with Gasteiger partial charge in [-0.3, -0.25) is 9.20 Å². The van der Waals surface area contributed by atoms with Gasteiger partial charge in [-0.1, -0.05) is 20.8 Å². The first kappa shape index (κ1) is 17.6. The van der Waals surface area contributed by atoms with Crippen LogP contribution < -0.4 is 0 Å². The Bertz CT molecular complexity index is 988. The number of hydrogen-bond acceptors (Lipinski definition) is 3. The molecule has 3 heterocycles. The van der Waals surface area contributed by atoms with Crippen molar-refractivity contribution in [1.29, 1.82) is 0 Å². The molecule has 5 nitrogen and oxygen atoms in total. The van der Waals surface area contributed by atoms with E-state index in [-0.39, 0.29) is 23.1 Å². The van der Waals surface area contributed by atoms with Crippen LogP contribution in [0.1, 0.15) is 38.8 Å². The summed E-state index contributed by atoms with van der Waals surface area (Å²) in [5.74, 6) is 0.750. The molecular formula is C21H23FN4O. The fraction of sp³-hybridized carbons (Fsp3) is 0.381. The molecule has 4 rings (SSSR count). The van der Waals surface area contributed by atoms with E-state index >= 15 is 0 Å². The first-order valence-electron chi connectivity index (χ1n) is 9.22. The van der Waals surface area contributed by atoms with Crippen LogP contribution in [0.15, 0.2) is 42.7 Å². The van der Waals surface area contributed by atoms with Gasteiger partial charge >= 0.3 is 0 Å². The predicted octanol–water partition coefficient (Wildman–Crippen LogP) is 3.90. The molecule has 1 fully saturated rings. The van der Waals surface area contributed by atoms with Gasteiger partial charge in [0.15, 0.2) is 0 Å². The minimum absolute atomic E-state index is 0.180. The van der Waals surface area contributed by atoms with E-state index in [1.54, 1.807) is 24.5 Å². The third kappa shape index (κ3) is 3.20. The van der Waals surface area contributed by atoms with Crippen molar-refractivity contribution in [2.24, 2.45) is 5.41 Å². The maximum absolute atomic E-state index is 13.3. The Hall–Kier alpha value is -2.76. The number of rotatable bonds is 2. The molecule has 1 amide bonds. The third-order valence-corrected chi connectivity index (χ3v) is 5.11. The zero-order valence-electron chi connectivity index (χ0n) is 15.8. The Morgan fingerprint density at radius 3 is 2.59 bits per heavy atom. The van der Waals surface area contributed by atoms with Crippen LogP contribution in [0.4, 0.5) is 4.39 Å². The lowest BCUT2D eigenvalue weighted by Gasteiger charge is -2.25. The summed E-state index contributed by atoms with van der Waals surface area (Å²) in [5.41, 5.74) is 2.48. The Balaban J connectivity index is 1.72. The molecule has 140 valence electrons. The van der Waals surface area contributed by atoms with Crippen LogP contribution in [-0.4, -0.2) is 38.3 Å². The number of amides is 1. The largest absolute Gasteiger partial charge is 0.342 e. The van der Waals surface area contributed by atoms with Gasteiger partial charge in [0.05, 0.1) is 11.9 Å². The van der Waals surface area contributed by atoms with Gasteiger partial charge in [-0.2, -0.15) is 0 Å². The molecule has 1 atom stereocenters. The molecule has 0 radical (unpaired) electrons. The number of aromatic nitrogens is 3. The summed E-state index contributed by atoms with van der Waals surface area (Å²) in [5, 5.41) is 0. The quantitative estimate of drug-likeness (QED) is 0.691. The van der Waals surface area contributed by atoms with Crippen molar-refractivity contribution < 1.29 is 9.18 Å². The summed E-state index contributed by atoms with van der Waals surface area (Å²) in [4.78, 5) is 23.4. The highest BCUT2D eigenvalue weighted by molar-refractivity contribution is 5.81. The van der Waals surface area contributed by atoms with Gasteiger partial charge in [-0.15, -0.1) is 0 Å². The number of hydrogen-bond donors (Lipinski definition) is 0. The fourth-order valence-electron chi connectivity index (χ4n) is 3.75. The van der Waals surface area contributed by atoms with E-state index in [1.165, 1.54) is 12.1 Å². The predicted molar refractivity (Wildman–Crippen MR) is 102 cm³/mol. The minimum atomic E-state index is -0.378. The van der Waals surface area contributed by atoms with E-state index in [9.17, 15) is 9.18 Å². The molecule has 0 N–H and O–H groups in total. The average Bonchev–Trinajstić information content (AvgIpc) is 3.28. The van der Waals surface area contributed by atoms with Gasteiger partial charge < -0.3 is 4.90 Å². The summed E-state index contributed by atoms with van der Waals surface area (Å²) in [6.45, 7) is 7.31. The molecule has 0 spiro atoms. The van der Waals surface area contributed by atoms with E-state index in [0.29, 0.717) is 12.3 Å². The first-order valence-corrected chi connectivity index (χ1v) is 9.22. The van der Waals surface area contributed by atoms with E-state index in [1.807, 2.05) is 36.1 Å². The van der Waals surface area contributed by atoms with Crippen LogP contribution in [0, 0.1) is 11.2 Å². The van der Waals surface area contributed by atoms with Crippen LogP contribution in [0.2, 0.25) is 0 Å². The summed E-state index contributed by atoms with van der Waals surface area (Å²) >= 11 is 0. The van der Waals surface area contributed by atoms with E-state index in [0.717, 1.165) is 29.9 Å². The highest BCUT2D eigenvalue weighted by atomic mass is 19.1. The number of carbonyl (C=O) groups excluding carboxylic acids is 1. The van der Waals surface area contributed by atoms with Crippen molar-refractivity contribution in [3.8, 4) is 11.3 Å². The average molecular weight is 366 g/mol. The van der Waals surface area contributed by atoms with Gasteiger partial charge in [-0.25, -0.2) is 14.4 Å². The molecule has 0 aliphatic carbocycles. The Morgan fingerprint density at radius 1 is 1.15 bits per heavy atom. The second-order valence-electron chi connectivity index (χ2n) is 8.14. The molecule has 6 heteroatoms. The van der Waals surface area contributed by atoms with Crippen LogP contribution >= 0.6 is 0 Å². The molecule has 2 aromatic heterocycles. The lowest BCUT2D eigenvalue weighted by Crippen LogP contribution is -2.37. The highest BCUT2D eigenvalue weighted by Crippen LogP contribution is 2.32. The zero-order chi connectivity index (χ0) is 19.2. The zero-order valence-corrected chi connectivity index (χ0v) is 15.8. The van der Waals surface area contributed by atoms with Gasteiger partial charge in [0.25, 0.3) is 0 Å². The SMILES string of the molecule is CC(C)(C)C(=O)N1CCC(c2ccnc3ncc(-c4ccc(F)cc4)n23)C1. The first-order chi connectivity index (χ1) is 12.8. The van der Waals surface area contributed by atoms with Crippen molar-refractivity contribution in [2.75, 3.05) is 13.1 Å². The number of nitrogens with zero attached hydrogens (tertiary/aromatic N) is 4. The van der Waals surface area contributed by atoms with Gasteiger partial charge in [0.1, 0.15) is 5.82 Å². The minimum Gasteiger partial charge on any atom is -0.342 e. The normalized spacial score (nSPS) is 17.6. The third-order valence-electron chi connectivity index (χ3n) is 5.11. The van der Waals surface area contributed by atoms with Crippen LogP contribution in [0.25, 0.3) is 17.0 Å². The fourth-order valence-corrected chi connectivity index (χ4v) is 3.75. The molecule has 1 aliphatic heterocycles. The lowest BCUT2D eigenvalue weighted by atomic mass is 9.95. The van der Waals surface area contributed by atoms with Crippen molar-refractivity contribution in [1.82, 2.24) is 19.3 Å². The summed E-state index contributed by atoms with van der Waals surface area (Å²) in [6.07, 6.45) is 4.44. The molecule has 1 unspecified atom stereocenters. The smallest absolute Gasteiger partial charge is 0.234 e. The van der Waals surface area contributed by atoms with E-state index in [2.05, 4.69) is 9.97 Å². The molecule has 1 aromatic carbocycles. The molecular weight excluding hydrogens is 343 g/mol. The summed E-state index contributed by atoms with van der Waals surface area (Å²) in [7, 11) is 0. The number of carbonyl (C=O) groups is 1. The van der Waals surface area contributed by atoms with Crippen molar-refractivity contribution in [2.45, 2.75) is 33.1 Å². The van der Waals surface area contributed by atoms with E-state index in [4.69, 9.17) is 0 Å². The van der Waals surface area contributed by atoms with Crippen LogP contribution in [0.3, 0.4) is 0 Å². The topological polar surface area (TPSA) is 50.5 Å². The number of likely N-dealkylation sites (tertiary alicyclic amines) is 1. The molecule has 1 saturated heterocycles. The lowest BCUT2D eigenvalue weighted by molar-refractivity contribution is -0.138. The van der Waals surface area contributed by atoms with Crippen molar-refractivity contribution >= 4 is 11.7 Å². The Morgan fingerprint density at radius 2 is 1.89 bits per heavy atom. The number of imidazole rings is 1. The molecule has 27 heavy (non-hydrogen) atoms. The van der Waals surface area contributed by atoms with E-state index < -0.39 is 0 Å². The highest BCUT2D eigenvalue weighted by Gasteiger charge is 2.34. The maximum Gasteiger partial charge on any atom is 0.234 e. The van der Waals surface area contributed by atoms with Gasteiger partial charge in [0, 0.05) is 41.9 Å². The van der Waals surface area contributed by atoms with Gasteiger partial charge in [0.2, 0.25) is 11.7 Å². The Kier molecular flexibility index (Phi) is 4.21. The van der Waals surface area contributed by atoms with Crippen LogP contribution in [0.5, 0.6) is 0 Å². The second kappa shape index (κ2) is 6.44. The second-order valence-corrected chi connectivity index (χ2v) is 8.14. The number of halogens is 1.